The minimum Gasteiger partial charge on any atom is -0.478 e. The van der Waals surface area contributed by atoms with Gasteiger partial charge in [0.25, 0.3) is 0 Å². The molecule has 2 rings (SSSR count). The smallest absolute Gasteiger partial charge is 0.337 e. The monoisotopic (exact) mass is 249 g/mol. The van der Waals surface area contributed by atoms with E-state index in [0.717, 1.165) is 0 Å². The lowest BCUT2D eigenvalue weighted by atomic mass is 10.3. The van der Waals surface area contributed by atoms with Crippen LogP contribution in [0.5, 0.6) is 11.6 Å². The summed E-state index contributed by atoms with van der Waals surface area (Å²) in [7, 11) is 0. The number of nitrogens with zero attached hydrogens (tertiary/aromatic N) is 1. The van der Waals surface area contributed by atoms with E-state index in [9.17, 15) is 4.79 Å². The summed E-state index contributed by atoms with van der Waals surface area (Å²) in [4.78, 5) is 14.5. The molecular formula is C12H8ClNO3. The first-order chi connectivity index (χ1) is 8.16. The van der Waals surface area contributed by atoms with Crippen molar-refractivity contribution in [1.29, 1.82) is 0 Å². The summed E-state index contributed by atoms with van der Waals surface area (Å²) in [6.07, 6.45) is 1.23. The third-order valence-electron chi connectivity index (χ3n) is 2.03. The van der Waals surface area contributed by atoms with E-state index >= 15 is 0 Å². The minimum absolute atomic E-state index is 0.108. The van der Waals surface area contributed by atoms with E-state index in [1.54, 1.807) is 24.3 Å². The molecule has 0 saturated heterocycles. The molecule has 17 heavy (non-hydrogen) atoms. The Labute approximate surface area is 102 Å². The number of ether oxygens (including phenoxy) is 1. The van der Waals surface area contributed by atoms with Crippen LogP contribution in [0.25, 0.3) is 0 Å². The van der Waals surface area contributed by atoms with Gasteiger partial charge in [-0.2, -0.15) is 0 Å². The number of benzene rings is 1. The zero-order valence-corrected chi connectivity index (χ0v) is 9.39. The summed E-state index contributed by atoms with van der Waals surface area (Å²) in [6.45, 7) is 0. The molecule has 5 heteroatoms. The van der Waals surface area contributed by atoms with Crippen molar-refractivity contribution in [2.45, 2.75) is 0 Å². The summed E-state index contributed by atoms with van der Waals surface area (Å²) >= 11 is 5.91. The number of halogens is 1. The minimum atomic E-state index is -1.03. The van der Waals surface area contributed by atoms with Crippen LogP contribution in [0.4, 0.5) is 0 Å². The number of carbonyl (C=O) groups is 1. The van der Waals surface area contributed by atoms with Crippen LogP contribution < -0.4 is 4.74 Å². The van der Waals surface area contributed by atoms with Crippen LogP contribution >= 0.6 is 11.6 Å². The Morgan fingerprint density at radius 2 is 2.00 bits per heavy atom. The second-order valence-electron chi connectivity index (χ2n) is 3.22. The number of para-hydroxylation sites is 1. The summed E-state index contributed by atoms with van der Waals surface area (Å²) in [5.41, 5.74) is 0.108. The fraction of sp³-hybridized carbons (Fsp3) is 0. The molecule has 0 spiro atoms. The van der Waals surface area contributed by atoms with E-state index in [2.05, 4.69) is 4.98 Å². The number of rotatable bonds is 3. The molecule has 0 saturated carbocycles. The molecule has 1 N–H and O–H groups in total. The Hall–Kier alpha value is -2.07. The van der Waals surface area contributed by atoms with Crippen molar-refractivity contribution in [1.82, 2.24) is 4.98 Å². The van der Waals surface area contributed by atoms with Crippen LogP contribution in [-0.4, -0.2) is 16.1 Å². The maximum Gasteiger partial charge on any atom is 0.337 e. The normalized spacial score (nSPS) is 9.94. The molecule has 1 aromatic heterocycles. The van der Waals surface area contributed by atoms with E-state index in [-0.39, 0.29) is 5.56 Å². The number of aromatic carboxylic acids is 1. The lowest BCUT2D eigenvalue weighted by Gasteiger charge is -2.05. The fourth-order valence-electron chi connectivity index (χ4n) is 1.21. The van der Waals surface area contributed by atoms with Gasteiger partial charge in [0.1, 0.15) is 5.75 Å². The second-order valence-corrected chi connectivity index (χ2v) is 3.63. The highest BCUT2D eigenvalue weighted by Gasteiger charge is 2.05. The van der Waals surface area contributed by atoms with Gasteiger partial charge in [0.05, 0.1) is 10.6 Å². The van der Waals surface area contributed by atoms with Gasteiger partial charge in [-0.1, -0.05) is 23.7 Å². The zero-order chi connectivity index (χ0) is 12.3. The Balaban J connectivity index is 2.20. The number of carboxylic acids is 1. The predicted octanol–water partition coefficient (Wildman–Crippen LogP) is 3.23. The van der Waals surface area contributed by atoms with Crippen LogP contribution in [0.2, 0.25) is 5.02 Å². The molecule has 1 heterocycles. The molecule has 0 aliphatic carbocycles. The Morgan fingerprint density at radius 1 is 1.24 bits per heavy atom. The molecule has 0 atom stereocenters. The van der Waals surface area contributed by atoms with Crippen molar-refractivity contribution >= 4 is 17.6 Å². The highest BCUT2D eigenvalue weighted by molar-refractivity contribution is 6.32. The third kappa shape index (κ3) is 2.73. The molecule has 0 bridgehead atoms. The SMILES string of the molecule is O=C(O)c1ccc(Oc2ccccc2Cl)nc1. The maximum atomic E-state index is 10.6. The van der Waals surface area contributed by atoms with Crippen LogP contribution in [0.1, 0.15) is 10.4 Å². The third-order valence-corrected chi connectivity index (χ3v) is 2.35. The Bertz CT molecular complexity index is 540. The van der Waals surface area contributed by atoms with Gasteiger partial charge in [-0.15, -0.1) is 0 Å². The van der Waals surface area contributed by atoms with Gasteiger partial charge in [-0.3, -0.25) is 0 Å². The number of aromatic nitrogens is 1. The molecule has 1 aromatic carbocycles. The average molecular weight is 250 g/mol. The first-order valence-corrected chi connectivity index (χ1v) is 5.16. The van der Waals surface area contributed by atoms with Gasteiger partial charge < -0.3 is 9.84 Å². The Morgan fingerprint density at radius 3 is 2.59 bits per heavy atom. The molecule has 4 nitrogen and oxygen atoms in total. The number of hydrogen-bond donors (Lipinski definition) is 1. The molecule has 0 unspecified atom stereocenters. The fourth-order valence-corrected chi connectivity index (χ4v) is 1.38. The van der Waals surface area contributed by atoms with Gasteiger partial charge in [-0.05, 0) is 18.2 Å². The van der Waals surface area contributed by atoms with Crippen molar-refractivity contribution in [3.63, 3.8) is 0 Å². The van der Waals surface area contributed by atoms with Gasteiger partial charge in [0, 0.05) is 12.3 Å². The molecule has 2 aromatic rings. The Kier molecular flexibility index (Phi) is 3.25. The van der Waals surface area contributed by atoms with E-state index < -0.39 is 5.97 Å². The number of pyridine rings is 1. The van der Waals surface area contributed by atoms with E-state index in [0.29, 0.717) is 16.7 Å². The lowest BCUT2D eigenvalue weighted by molar-refractivity contribution is 0.0696. The van der Waals surface area contributed by atoms with E-state index in [4.69, 9.17) is 21.4 Å². The highest BCUT2D eigenvalue weighted by atomic mass is 35.5. The highest BCUT2D eigenvalue weighted by Crippen LogP contribution is 2.27. The molecule has 86 valence electrons. The summed E-state index contributed by atoms with van der Waals surface area (Å²) in [6, 6.07) is 9.87. The van der Waals surface area contributed by atoms with Gasteiger partial charge >= 0.3 is 5.97 Å². The molecule has 0 radical (unpaired) electrons. The largest absolute Gasteiger partial charge is 0.478 e. The van der Waals surface area contributed by atoms with Crippen LogP contribution in [-0.2, 0) is 0 Å². The van der Waals surface area contributed by atoms with Gasteiger partial charge in [-0.25, -0.2) is 9.78 Å². The maximum absolute atomic E-state index is 10.6. The van der Waals surface area contributed by atoms with E-state index in [1.165, 1.54) is 18.3 Å². The molecular weight excluding hydrogens is 242 g/mol. The topological polar surface area (TPSA) is 59.4 Å². The van der Waals surface area contributed by atoms with Crippen molar-refractivity contribution in [3.05, 3.63) is 53.2 Å². The molecule has 0 amide bonds. The van der Waals surface area contributed by atoms with Crippen molar-refractivity contribution < 1.29 is 14.6 Å². The number of hydrogen-bond acceptors (Lipinski definition) is 3. The first-order valence-electron chi connectivity index (χ1n) is 4.78. The molecule has 0 aliphatic heterocycles. The van der Waals surface area contributed by atoms with Gasteiger partial charge in [0.2, 0.25) is 5.88 Å². The first kappa shape index (κ1) is 11.4. The quantitative estimate of drug-likeness (QED) is 0.907. The predicted molar refractivity (Wildman–Crippen MR) is 62.7 cm³/mol. The van der Waals surface area contributed by atoms with E-state index in [1.807, 2.05) is 0 Å². The summed E-state index contributed by atoms with van der Waals surface area (Å²) in [5.74, 6) is -0.255. The average Bonchev–Trinajstić information content (AvgIpc) is 2.33. The lowest BCUT2D eigenvalue weighted by Crippen LogP contribution is -1.97. The van der Waals surface area contributed by atoms with Crippen LogP contribution in [0.15, 0.2) is 42.6 Å². The zero-order valence-electron chi connectivity index (χ0n) is 8.63. The van der Waals surface area contributed by atoms with Crippen molar-refractivity contribution in [3.8, 4) is 11.6 Å². The molecule has 0 aliphatic rings. The van der Waals surface area contributed by atoms with Gasteiger partial charge in [0.15, 0.2) is 0 Å². The van der Waals surface area contributed by atoms with Crippen LogP contribution in [0, 0.1) is 0 Å². The van der Waals surface area contributed by atoms with Crippen molar-refractivity contribution in [2.75, 3.05) is 0 Å². The summed E-state index contributed by atoms with van der Waals surface area (Å²) < 4.78 is 5.41. The number of carboxylic acid groups (broad SMARTS) is 1. The second kappa shape index (κ2) is 4.84. The van der Waals surface area contributed by atoms with Crippen molar-refractivity contribution in [2.24, 2.45) is 0 Å². The molecule has 0 fully saturated rings. The summed E-state index contributed by atoms with van der Waals surface area (Å²) in [5, 5.41) is 9.18. The standard InChI is InChI=1S/C12H8ClNO3/c13-9-3-1-2-4-10(9)17-11-6-5-8(7-14-11)12(15)16/h1-7H,(H,15,16). The van der Waals surface area contributed by atoms with Crippen LogP contribution in [0.3, 0.4) is 0 Å².